The summed E-state index contributed by atoms with van der Waals surface area (Å²) in [7, 11) is 0. The van der Waals surface area contributed by atoms with Gasteiger partial charge in [0, 0.05) is 5.75 Å². The molecule has 0 bridgehead atoms. The predicted octanol–water partition coefficient (Wildman–Crippen LogP) is 3.64. The maximum atomic E-state index is 8.97. The van der Waals surface area contributed by atoms with Gasteiger partial charge in [-0.1, -0.05) is 36.8 Å². The number of rotatable bonds is 7. The van der Waals surface area contributed by atoms with Crippen LogP contribution in [0.1, 0.15) is 37.3 Å². The summed E-state index contributed by atoms with van der Waals surface area (Å²) in [6.45, 7) is 4.09. The van der Waals surface area contributed by atoms with Crippen LogP contribution in [0.2, 0.25) is 0 Å². The van der Waals surface area contributed by atoms with Gasteiger partial charge in [-0.25, -0.2) is 0 Å². The molecule has 0 aliphatic rings. The average Bonchev–Trinajstić information content (AvgIpc) is 2.38. The molecule has 0 fully saturated rings. The Kier molecular flexibility index (Phi) is 6.24. The number of aryl methyl sites for hydroxylation is 1. The van der Waals surface area contributed by atoms with Gasteiger partial charge < -0.3 is 5.73 Å². The molecule has 0 heterocycles. The van der Waals surface area contributed by atoms with Crippen LogP contribution in [0.3, 0.4) is 0 Å². The van der Waals surface area contributed by atoms with E-state index >= 15 is 0 Å². The van der Waals surface area contributed by atoms with E-state index in [4.69, 9.17) is 11.0 Å². The molecule has 0 saturated carbocycles. The van der Waals surface area contributed by atoms with E-state index in [1.165, 1.54) is 11.1 Å². The predicted molar refractivity (Wildman–Crippen MR) is 79.4 cm³/mol. The number of nitrogens with two attached hydrogens (primary N) is 1. The molecule has 98 valence electrons. The van der Waals surface area contributed by atoms with E-state index in [-0.39, 0.29) is 0 Å². The molecule has 0 amide bonds. The third-order valence-corrected chi connectivity index (χ3v) is 4.23. The molecule has 0 spiro atoms. The SMILES string of the molecule is CCC(N)(C#N)CCCSCc1cccc(C)c1. The summed E-state index contributed by atoms with van der Waals surface area (Å²) in [6, 6.07) is 10.8. The van der Waals surface area contributed by atoms with Crippen molar-refractivity contribution in [1.82, 2.24) is 0 Å². The lowest BCUT2D eigenvalue weighted by Gasteiger charge is -2.18. The van der Waals surface area contributed by atoms with E-state index in [1.807, 2.05) is 18.7 Å². The molecule has 1 aromatic rings. The molecule has 1 atom stereocenters. The molecule has 2 N–H and O–H groups in total. The highest BCUT2D eigenvalue weighted by Crippen LogP contribution is 2.18. The van der Waals surface area contributed by atoms with Crippen LogP contribution in [0.15, 0.2) is 24.3 Å². The summed E-state index contributed by atoms with van der Waals surface area (Å²) in [5.41, 5.74) is 8.00. The van der Waals surface area contributed by atoms with Crippen LogP contribution in [-0.2, 0) is 5.75 Å². The van der Waals surface area contributed by atoms with Gasteiger partial charge in [-0.3, -0.25) is 0 Å². The summed E-state index contributed by atoms with van der Waals surface area (Å²) < 4.78 is 0. The quantitative estimate of drug-likeness (QED) is 0.763. The normalized spacial score (nSPS) is 13.9. The number of hydrogen-bond donors (Lipinski definition) is 1. The van der Waals surface area contributed by atoms with Gasteiger partial charge in [0.25, 0.3) is 0 Å². The molecular weight excluding hydrogens is 240 g/mol. The Morgan fingerprint density at radius 1 is 1.44 bits per heavy atom. The van der Waals surface area contributed by atoms with Crippen molar-refractivity contribution in [1.29, 1.82) is 5.26 Å². The van der Waals surface area contributed by atoms with Crippen LogP contribution < -0.4 is 5.73 Å². The van der Waals surface area contributed by atoms with Crippen LogP contribution in [-0.4, -0.2) is 11.3 Å². The molecule has 0 aliphatic heterocycles. The molecule has 0 saturated heterocycles. The van der Waals surface area contributed by atoms with E-state index in [2.05, 4.69) is 37.3 Å². The second-order valence-corrected chi connectivity index (χ2v) is 5.87. The molecule has 3 heteroatoms. The number of hydrogen-bond acceptors (Lipinski definition) is 3. The second kappa shape index (κ2) is 7.45. The van der Waals surface area contributed by atoms with Crippen molar-refractivity contribution in [2.24, 2.45) is 5.73 Å². The van der Waals surface area contributed by atoms with Crippen LogP contribution >= 0.6 is 11.8 Å². The fourth-order valence-electron chi connectivity index (χ4n) is 1.79. The fourth-order valence-corrected chi connectivity index (χ4v) is 2.70. The Hall–Kier alpha value is -0.980. The highest BCUT2D eigenvalue weighted by molar-refractivity contribution is 7.98. The summed E-state index contributed by atoms with van der Waals surface area (Å²) >= 11 is 1.91. The van der Waals surface area contributed by atoms with Gasteiger partial charge >= 0.3 is 0 Å². The highest BCUT2D eigenvalue weighted by Gasteiger charge is 2.20. The van der Waals surface area contributed by atoms with Crippen LogP contribution in [0, 0.1) is 18.3 Å². The van der Waals surface area contributed by atoms with Crippen molar-refractivity contribution in [2.75, 3.05) is 5.75 Å². The smallest absolute Gasteiger partial charge is 0.104 e. The number of nitrogens with zero attached hydrogens (tertiary/aromatic N) is 1. The average molecular weight is 262 g/mol. The Balaban J connectivity index is 2.22. The first-order valence-electron chi connectivity index (χ1n) is 6.43. The molecular formula is C15H22N2S. The van der Waals surface area contributed by atoms with E-state index in [9.17, 15) is 0 Å². The molecule has 1 unspecified atom stereocenters. The summed E-state index contributed by atoms with van der Waals surface area (Å²) in [6.07, 6.45) is 2.53. The lowest BCUT2D eigenvalue weighted by Crippen LogP contribution is -2.37. The third kappa shape index (κ3) is 5.12. The van der Waals surface area contributed by atoms with E-state index < -0.39 is 5.54 Å². The summed E-state index contributed by atoms with van der Waals surface area (Å²) in [5, 5.41) is 8.97. The van der Waals surface area contributed by atoms with E-state index in [0.717, 1.165) is 30.8 Å². The van der Waals surface area contributed by atoms with Gasteiger partial charge in [-0.05, 0) is 37.5 Å². The molecule has 2 nitrogen and oxygen atoms in total. The van der Waals surface area contributed by atoms with E-state index in [0.29, 0.717) is 0 Å². The zero-order valence-corrected chi connectivity index (χ0v) is 12.1. The van der Waals surface area contributed by atoms with Crippen LogP contribution in [0.4, 0.5) is 0 Å². The molecule has 18 heavy (non-hydrogen) atoms. The minimum Gasteiger partial charge on any atom is -0.313 e. The topological polar surface area (TPSA) is 49.8 Å². The minimum absolute atomic E-state index is 0.621. The van der Waals surface area contributed by atoms with Gasteiger partial charge in [0.15, 0.2) is 0 Å². The summed E-state index contributed by atoms with van der Waals surface area (Å²) in [4.78, 5) is 0. The van der Waals surface area contributed by atoms with Gasteiger partial charge in [-0.15, -0.1) is 0 Å². The molecule has 1 rings (SSSR count). The van der Waals surface area contributed by atoms with E-state index in [1.54, 1.807) is 0 Å². The number of thioether (sulfide) groups is 1. The third-order valence-electron chi connectivity index (χ3n) is 3.12. The molecule has 0 aliphatic carbocycles. The maximum absolute atomic E-state index is 8.97. The first-order chi connectivity index (χ1) is 8.59. The zero-order chi connectivity index (χ0) is 13.4. The van der Waals surface area contributed by atoms with Gasteiger partial charge in [0.1, 0.15) is 5.54 Å². The lowest BCUT2D eigenvalue weighted by molar-refractivity contribution is 0.478. The Bertz CT molecular complexity index is 411. The summed E-state index contributed by atoms with van der Waals surface area (Å²) in [5.74, 6) is 2.10. The van der Waals surface area contributed by atoms with Crippen molar-refractivity contribution >= 4 is 11.8 Å². The Morgan fingerprint density at radius 2 is 2.22 bits per heavy atom. The second-order valence-electron chi connectivity index (χ2n) is 4.77. The van der Waals surface area contributed by atoms with Gasteiger partial charge in [-0.2, -0.15) is 17.0 Å². The maximum Gasteiger partial charge on any atom is 0.104 e. The molecule has 0 radical (unpaired) electrons. The first kappa shape index (κ1) is 15.1. The monoisotopic (exact) mass is 262 g/mol. The standard InChI is InChI=1S/C15H22N2S/c1-3-15(17,12-16)8-5-9-18-11-14-7-4-6-13(2)10-14/h4,6-7,10H,3,5,8-9,11,17H2,1-2H3. The Morgan fingerprint density at radius 3 is 2.83 bits per heavy atom. The molecule has 1 aromatic carbocycles. The van der Waals surface area contributed by atoms with Crippen molar-refractivity contribution < 1.29 is 0 Å². The van der Waals surface area contributed by atoms with Crippen LogP contribution in [0.5, 0.6) is 0 Å². The van der Waals surface area contributed by atoms with Gasteiger partial charge in [0.05, 0.1) is 6.07 Å². The van der Waals surface area contributed by atoms with Crippen molar-refractivity contribution in [3.05, 3.63) is 35.4 Å². The lowest BCUT2D eigenvalue weighted by atomic mass is 9.94. The first-order valence-corrected chi connectivity index (χ1v) is 7.58. The van der Waals surface area contributed by atoms with Crippen molar-refractivity contribution in [3.8, 4) is 6.07 Å². The Labute approximate surface area is 115 Å². The van der Waals surface area contributed by atoms with Crippen molar-refractivity contribution in [3.63, 3.8) is 0 Å². The highest BCUT2D eigenvalue weighted by atomic mass is 32.2. The van der Waals surface area contributed by atoms with Crippen LogP contribution in [0.25, 0.3) is 0 Å². The fraction of sp³-hybridized carbons (Fsp3) is 0.533. The minimum atomic E-state index is -0.621. The largest absolute Gasteiger partial charge is 0.313 e. The number of benzene rings is 1. The number of nitriles is 1. The van der Waals surface area contributed by atoms with Crippen molar-refractivity contribution in [2.45, 2.75) is 44.4 Å². The molecule has 0 aromatic heterocycles. The van der Waals surface area contributed by atoms with Gasteiger partial charge in [0.2, 0.25) is 0 Å². The zero-order valence-electron chi connectivity index (χ0n) is 11.3.